The predicted molar refractivity (Wildman–Crippen MR) is 72.0 cm³/mol. The molecule has 1 fully saturated rings. The lowest BCUT2D eigenvalue weighted by Crippen LogP contribution is -2.46. The van der Waals surface area contributed by atoms with Crippen molar-refractivity contribution in [2.24, 2.45) is 5.92 Å². The SMILES string of the molecule is CCCNC(CN1CCCCCC1=O)C(C)C. The minimum atomic E-state index is 0.353. The Morgan fingerprint density at radius 2 is 2.06 bits per heavy atom. The van der Waals surface area contributed by atoms with E-state index < -0.39 is 0 Å². The third-order valence-corrected chi connectivity index (χ3v) is 3.55. The number of nitrogens with one attached hydrogen (secondary N) is 1. The van der Waals surface area contributed by atoms with Gasteiger partial charge in [-0.2, -0.15) is 0 Å². The van der Waals surface area contributed by atoms with Gasteiger partial charge in [0.25, 0.3) is 0 Å². The van der Waals surface area contributed by atoms with Crippen LogP contribution in [0.25, 0.3) is 0 Å². The number of hydrogen-bond acceptors (Lipinski definition) is 2. The van der Waals surface area contributed by atoms with E-state index >= 15 is 0 Å². The largest absolute Gasteiger partial charge is 0.341 e. The van der Waals surface area contributed by atoms with E-state index in [0.717, 1.165) is 38.9 Å². The monoisotopic (exact) mass is 240 g/mol. The number of rotatable bonds is 6. The van der Waals surface area contributed by atoms with Gasteiger partial charge >= 0.3 is 0 Å². The highest BCUT2D eigenvalue weighted by atomic mass is 16.2. The molecule has 1 aliphatic heterocycles. The Bertz CT molecular complexity index is 228. The second kappa shape index (κ2) is 7.70. The highest BCUT2D eigenvalue weighted by molar-refractivity contribution is 5.76. The van der Waals surface area contributed by atoms with Crippen LogP contribution in [-0.2, 0) is 4.79 Å². The van der Waals surface area contributed by atoms with Gasteiger partial charge < -0.3 is 10.2 Å². The lowest BCUT2D eigenvalue weighted by molar-refractivity contribution is -0.131. The second-order valence-electron chi connectivity index (χ2n) is 5.46. The molecule has 1 unspecified atom stereocenters. The lowest BCUT2D eigenvalue weighted by atomic mass is 10.0. The number of nitrogens with zero attached hydrogens (tertiary/aromatic N) is 1. The molecule has 1 amide bonds. The Balaban J connectivity index is 2.48. The van der Waals surface area contributed by atoms with E-state index in [2.05, 4.69) is 31.0 Å². The van der Waals surface area contributed by atoms with Gasteiger partial charge in [0.2, 0.25) is 5.91 Å². The molecule has 1 atom stereocenters. The van der Waals surface area contributed by atoms with E-state index in [0.29, 0.717) is 17.9 Å². The van der Waals surface area contributed by atoms with Crippen molar-refractivity contribution in [3.63, 3.8) is 0 Å². The van der Waals surface area contributed by atoms with E-state index in [1.54, 1.807) is 0 Å². The molecule has 0 radical (unpaired) electrons. The van der Waals surface area contributed by atoms with Crippen LogP contribution in [0.4, 0.5) is 0 Å². The molecule has 0 aliphatic carbocycles. The van der Waals surface area contributed by atoms with Crippen LogP contribution in [0.3, 0.4) is 0 Å². The Morgan fingerprint density at radius 3 is 2.71 bits per heavy atom. The quantitative estimate of drug-likeness (QED) is 0.773. The molecule has 0 aromatic heterocycles. The maximum absolute atomic E-state index is 11.9. The summed E-state index contributed by atoms with van der Waals surface area (Å²) in [6.07, 6.45) is 5.35. The number of likely N-dealkylation sites (tertiary alicyclic amines) is 1. The van der Waals surface area contributed by atoms with Gasteiger partial charge in [0.15, 0.2) is 0 Å². The van der Waals surface area contributed by atoms with E-state index in [1.165, 1.54) is 12.8 Å². The molecule has 0 aromatic carbocycles. The molecule has 0 bridgehead atoms. The molecular weight excluding hydrogens is 212 g/mol. The van der Waals surface area contributed by atoms with Crippen LogP contribution in [0.15, 0.2) is 0 Å². The first-order valence-corrected chi connectivity index (χ1v) is 7.16. The van der Waals surface area contributed by atoms with Crippen LogP contribution in [0.5, 0.6) is 0 Å². The minimum Gasteiger partial charge on any atom is -0.341 e. The molecule has 1 rings (SSSR count). The molecule has 0 spiro atoms. The molecule has 0 saturated carbocycles. The molecule has 1 aliphatic rings. The van der Waals surface area contributed by atoms with Crippen LogP contribution >= 0.6 is 0 Å². The van der Waals surface area contributed by atoms with Crippen molar-refractivity contribution in [1.29, 1.82) is 0 Å². The second-order valence-corrected chi connectivity index (χ2v) is 5.46. The fourth-order valence-corrected chi connectivity index (χ4v) is 2.31. The fourth-order valence-electron chi connectivity index (χ4n) is 2.31. The van der Waals surface area contributed by atoms with Crippen LogP contribution in [0.2, 0.25) is 0 Å². The first-order chi connectivity index (χ1) is 8.15. The van der Waals surface area contributed by atoms with Gasteiger partial charge in [-0.25, -0.2) is 0 Å². The van der Waals surface area contributed by atoms with Crippen molar-refractivity contribution in [3.05, 3.63) is 0 Å². The Morgan fingerprint density at radius 1 is 1.29 bits per heavy atom. The molecule has 100 valence electrons. The first-order valence-electron chi connectivity index (χ1n) is 7.16. The molecule has 1 saturated heterocycles. The van der Waals surface area contributed by atoms with Crippen molar-refractivity contribution in [1.82, 2.24) is 10.2 Å². The van der Waals surface area contributed by atoms with E-state index in [-0.39, 0.29) is 0 Å². The van der Waals surface area contributed by atoms with Crippen molar-refractivity contribution < 1.29 is 4.79 Å². The third-order valence-electron chi connectivity index (χ3n) is 3.55. The average Bonchev–Trinajstić information content (AvgIpc) is 2.49. The van der Waals surface area contributed by atoms with Crippen molar-refractivity contribution >= 4 is 5.91 Å². The average molecular weight is 240 g/mol. The maximum Gasteiger partial charge on any atom is 0.222 e. The third kappa shape index (κ3) is 5.07. The Kier molecular flexibility index (Phi) is 6.56. The summed E-state index contributed by atoms with van der Waals surface area (Å²) in [7, 11) is 0. The smallest absolute Gasteiger partial charge is 0.222 e. The van der Waals surface area contributed by atoms with E-state index in [4.69, 9.17) is 0 Å². The molecular formula is C14H28N2O. The standard InChI is InChI=1S/C14H28N2O/c1-4-9-15-13(12(2)3)11-16-10-7-5-6-8-14(16)17/h12-13,15H,4-11H2,1-3H3. The van der Waals surface area contributed by atoms with Crippen LogP contribution in [0.1, 0.15) is 52.9 Å². The van der Waals surface area contributed by atoms with Crippen LogP contribution in [0, 0.1) is 5.92 Å². The van der Waals surface area contributed by atoms with Crippen molar-refractivity contribution in [3.8, 4) is 0 Å². The molecule has 3 heteroatoms. The summed E-state index contributed by atoms with van der Waals surface area (Å²) in [5.41, 5.74) is 0. The van der Waals surface area contributed by atoms with Gasteiger partial charge in [-0.05, 0) is 31.7 Å². The number of hydrogen-bond donors (Lipinski definition) is 1. The molecule has 17 heavy (non-hydrogen) atoms. The summed E-state index contributed by atoms with van der Waals surface area (Å²) in [6.45, 7) is 9.53. The molecule has 0 aromatic rings. The summed E-state index contributed by atoms with van der Waals surface area (Å²) in [6, 6.07) is 0.442. The van der Waals surface area contributed by atoms with Crippen LogP contribution < -0.4 is 5.32 Å². The Hall–Kier alpha value is -0.570. The lowest BCUT2D eigenvalue weighted by Gasteiger charge is -2.29. The van der Waals surface area contributed by atoms with Gasteiger partial charge in [0.1, 0.15) is 0 Å². The summed E-state index contributed by atoms with van der Waals surface area (Å²) in [5.74, 6) is 0.934. The molecule has 1 heterocycles. The van der Waals surface area contributed by atoms with Gasteiger partial charge in [0, 0.05) is 25.6 Å². The minimum absolute atomic E-state index is 0.353. The zero-order chi connectivity index (χ0) is 12.7. The topological polar surface area (TPSA) is 32.3 Å². The first kappa shape index (κ1) is 14.5. The fraction of sp³-hybridized carbons (Fsp3) is 0.929. The van der Waals surface area contributed by atoms with Gasteiger partial charge in [-0.1, -0.05) is 27.2 Å². The predicted octanol–water partition coefficient (Wildman–Crippen LogP) is 2.41. The van der Waals surface area contributed by atoms with E-state index in [9.17, 15) is 4.79 Å². The number of amides is 1. The molecule has 1 N–H and O–H groups in total. The normalized spacial score (nSPS) is 19.5. The number of carbonyl (C=O) groups excluding carboxylic acids is 1. The van der Waals surface area contributed by atoms with Crippen LogP contribution in [-0.4, -0.2) is 36.5 Å². The number of carbonyl (C=O) groups is 1. The van der Waals surface area contributed by atoms with Gasteiger partial charge in [-0.3, -0.25) is 4.79 Å². The van der Waals surface area contributed by atoms with E-state index in [1.807, 2.05) is 0 Å². The van der Waals surface area contributed by atoms with Crippen molar-refractivity contribution in [2.75, 3.05) is 19.6 Å². The zero-order valence-electron chi connectivity index (χ0n) is 11.7. The summed E-state index contributed by atoms with van der Waals surface area (Å²) >= 11 is 0. The highest BCUT2D eigenvalue weighted by Gasteiger charge is 2.21. The summed E-state index contributed by atoms with van der Waals surface area (Å²) in [5, 5.41) is 3.56. The maximum atomic E-state index is 11.9. The summed E-state index contributed by atoms with van der Waals surface area (Å²) in [4.78, 5) is 14.0. The van der Waals surface area contributed by atoms with Gasteiger partial charge in [-0.15, -0.1) is 0 Å². The zero-order valence-corrected chi connectivity index (χ0v) is 11.7. The van der Waals surface area contributed by atoms with Crippen molar-refractivity contribution in [2.45, 2.75) is 58.9 Å². The molecule has 3 nitrogen and oxygen atoms in total. The Labute approximate surface area is 106 Å². The summed E-state index contributed by atoms with van der Waals surface area (Å²) < 4.78 is 0. The highest BCUT2D eigenvalue weighted by Crippen LogP contribution is 2.13. The van der Waals surface area contributed by atoms with Gasteiger partial charge in [0.05, 0.1) is 0 Å².